The zero-order valence-corrected chi connectivity index (χ0v) is 18.0. The molecule has 0 saturated carbocycles. The first kappa shape index (κ1) is 20.2. The zero-order valence-electron chi connectivity index (χ0n) is 17.0. The van der Waals surface area contributed by atoms with Crippen LogP contribution in [0.3, 0.4) is 0 Å². The van der Waals surface area contributed by atoms with Crippen LogP contribution in [0.5, 0.6) is 5.75 Å². The van der Waals surface area contributed by atoms with E-state index >= 15 is 0 Å². The van der Waals surface area contributed by atoms with E-state index in [-0.39, 0.29) is 5.04 Å². The van der Waals surface area contributed by atoms with E-state index in [4.69, 9.17) is 13.7 Å². The van der Waals surface area contributed by atoms with E-state index in [0.717, 1.165) is 11.7 Å². The summed E-state index contributed by atoms with van der Waals surface area (Å²) in [5, 5.41) is 0.0491. The van der Waals surface area contributed by atoms with Gasteiger partial charge in [0.15, 0.2) is 6.29 Å². The summed E-state index contributed by atoms with van der Waals surface area (Å²) in [6.45, 7) is 18.9. The van der Waals surface area contributed by atoms with Gasteiger partial charge in [-0.25, -0.2) is 0 Å². The van der Waals surface area contributed by atoms with E-state index in [0.29, 0.717) is 11.3 Å². The largest absolute Gasteiger partial charge is 0.543 e. The molecule has 138 valence electrons. The molecule has 1 saturated heterocycles. The van der Waals surface area contributed by atoms with Crippen molar-refractivity contribution >= 4 is 27.2 Å². The second-order valence-corrected chi connectivity index (χ2v) is 14.1. The van der Waals surface area contributed by atoms with Crippen LogP contribution in [0.2, 0.25) is 18.1 Å². The van der Waals surface area contributed by atoms with Crippen LogP contribution in [-0.4, -0.2) is 32.9 Å². The Morgan fingerprint density at radius 2 is 1.60 bits per heavy atom. The molecule has 6 heteroatoms. The van der Waals surface area contributed by atoms with Crippen LogP contribution in [0.1, 0.15) is 58.8 Å². The molecule has 25 heavy (non-hydrogen) atoms. The molecule has 0 atom stereocenters. The molecule has 0 bridgehead atoms. The minimum Gasteiger partial charge on any atom is -0.543 e. The van der Waals surface area contributed by atoms with Gasteiger partial charge >= 0.3 is 7.12 Å². The van der Waals surface area contributed by atoms with Crippen molar-refractivity contribution in [1.29, 1.82) is 0 Å². The lowest BCUT2D eigenvalue weighted by Crippen LogP contribution is -2.45. The van der Waals surface area contributed by atoms with Gasteiger partial charge in [0.05, 0.1) is 16.8 Å². The van der Waals surface area contributed by atoms with Crippen molar-refractivity contribution in [3.8, 4) is 5.75 Å². The van der Waals surface area contributed by atoms with Crippen molar-refractivity contribution in [3.63, 3.8) is 0 Å². The molecule has 0 radical (unpaired) electrons. The lowest BCUT2D eigenvalue weighted by Gasteiger charge is -2.37. The molecule has 0 aromatic heterocycles. The molecule has 1 heterocycles. The highest BCUT2D eigenvalue weighted by Gasteiger charge is 2.52. The fraction of sp³-hybridized carbons (Fsp3) is 0.632. The van der Waals surface area contributed by atoms with Crippen molar-refractivity contribution in [2.45, 2.75) is 77.8 Å². The van der Waals surface area contributed by atoms with Crippen LogP contribution < -0.4 is 9.89 Å². The highest BCUT2D eigenvalue weighted by Crippen LogP contribution is 2.39. The van der Waals surface area contributed by atoms with E-state index in [1.54, 1.807) is 0 Å². The lowest BCUT2D eigenvalue weighted by atomic mass is 9.76. The van der Waals surface area contributed by atoms with Crippen LogP contribution in [0.4, 0.5) is 0 Å². The number of carbonyl (C=O) groups is 1. The van der Waals surface area contributed by atoms with E-state index in [2.05, 4.69) is 33.9 Å². The Labute approximate surface area is 153 Å². The number of benzene rings is 1. The topological polar surface area (TPSA) is 44.8 Å². The Hall–Kier alpha value is -1.11. The predicted molar refractivity (Wildman–Crippen MR) is 105 cm³/mol. The number of rotatable bonds is 4. The van der Waals surface area contributed by atoms with E-state index < -0.39 is 26.6 Å². The van der Waals surface area contributed by atoms with Gasteiger partial charge in [0.25, 0.3) is 8.32 Å². The maximum atomic E-state index is 11.9. The number of carbonyl (C=O) groups excluding carboxylic acids is 1. The van der Waals surface area contributed by atoms with Gasteiger partial charge in [-0.05, 0) is 57.4 Å². The fourth-order valence-corrected chi connectivity index (χ4v) is 3.41. The summed E-state index contributed by atoms with van der Waals surface area (Å²) < 4.78 is 18.6. The summed E-state index contributed by atoms with van der Waals surface area (Å²) in [5.74, 6) is 0.619. The van der Waals surface area contributed by atoms with Crippen LogP contribution in [0, 0.1) is 0 Å². The van der Waals surface area contributed by atoms with Crippen molar-refractivity contribution in [2.24, 2.45) is 0 Å². The minimum absolute atomic E-state index is 0.0491. The molecule has 0 aliphatic carbocycles. The third-order valence-electron chi connectivity index (χ3n) is 5.90. The van der Waals surface area contributed by atoms with Crippen molar-refractivity contribution in [2.75, 3.05) is 0 Å². The van der Waals surface area contributed by atoms with Gasteiger partial charge in [0, 0.05) is 0 Å². The molecule has 1 aromatic carbocycles. The average molecular weight is 362 g/mol. The third-order valence-corrected chi connectivity index (χ3v) is 10.2. The normalized spacial score (nSPS) is 19.8. The van der Waals surface area contributed by atoms with Crippen LogP contribution >= 0.6 is 0 Å². The van der Waals surface area contributed by atoms with Gasteiger partial charge in [-0.15, -0.1) is 0 Å². The molecule has 0 unspecified atom stereocenters. The molecule has 1 aromatic rings. The second kappa shape index (κ2) is 6.25. The van der Waals surface area contributed by atoms with E-state index in [1.165, 1.54) is 0 Å². The first-order valence-electron chi connectivity index (χ1n) is 8.84. The third kappa shape index (κ3) is 3.71. The number of hydrogen-bond donors (Lipinski definition) is 0. The van der Waals surface area contributed by atoms with Gasteiger partial charge in [0.1, 0.15) is 5.75 Å². The summed E-state index contributed by atoms with van der Waals surface area (Å²) in [7, 11) is -2.63. The maximum absolute atomic E-state index is 11.9. The van der Waals surface area contributed by atoms with Crippen molar-refractivity contribution in [3.05, 3.63) is 23.8 Å². The van der Waals surface area contributed by atoms with Crippen LogP contribution in [-0.2, 0) is 9.31 Å². The Morgan fingerprint density at radius 3 is 2.04 bits per heavy atom. The average Bonchev–Trinajstić information content (AvgIpc) is 2.65. The zero-order chi connectivity index (χ0) is 19.3. The van der Waals surface area contributed by atoms with Crippen molar-refractivity contribution in [1.82, 2.24) is 0 Å². The number of aldehydes is 1. The first-order valence-corrected chi connectivity index (χ1v) is 11.8. The van der Waals surface area contributed by atoms with Crippen molar-refractivity contribution < 1.29 is 18.5 Å². The molecular formula is C19H31BO4Si. The molecule has 2 rings (SSSR count). The molecule has 1 fully saturated rings. The van der Waals surface area contributed by atoms with Crippen LogP contribution in [0.25, 0.3) is 0 Å². The van der Waals surface area contributed by atoms with E-state index in [1.807, 2.05) is 45.9 Å². The SMILES string of the molecule is CC1(C)OB(c2cccc(O[Si](C)(C)C(C)(C)C)c2C=O)OC1(C)C. The fourth-order valence-electron chi connectivity index (χ4n) is 2.38. The minimum atomic E-state index is -2.05. The van der Waals surface area contributed by atoms with Crippen LogP contribution in [0.15, 0.2) is 18.2 Å². The standard InChI is InChI=1S/C19H31BO4Si/c1-17(2,3)25(8,9)22-16-12-10-11-15(14(16)13-21)20-23-18(4,5)19(6,7)24-20/h10-13H,1-9H3. The van der Waals surface area contributed by atoms with E-state index in [9.17, 15) is 4.79 Å². The smallest absolute Gasteiger partial charge is 0.495 e. The number of hydrogen-bond acceptors (Lipinski definition) is 4. The van der Waals surface area contributed by atoms with Gasteiger partial charge in [-0.1, -0.05) is 32.9 Å². The molecule has 1 aliphatic heterocycles. The maximum Gasteiger partial charge on any atom is 0.495 e. The summed E-state index contributed by atoms with van der Waals surface area (Å²) >= 11 is 0. The molecule has 0 N–H and O–H groups in total. The summed E-state index contributed by atoms with van der Waals surface area (Å²) in [6.07, 6.45) is 0.850. The predicted octanol–water partition coefficient (Wildman–Crippen LogP) is 4.18. The van der Waals surface area contributed by atoms with Gasteiger partial charge in [-0.2, -0.15) is 0 Å². The lowest BCUT2D eigenvalue weighted by molar-refractivity contribution is 0.00578. The molecule has 0 spiro atoms. The Morgan fingerprint density at radius 1 is 1.08 bits per heavy atom. The second-order valence-electron chi connectivity index (χ2n) is 9.33. The Balaban J connectivity index is 2.42. The van der Waals surface area contributed by atoms with Gasteiger partial charge < -0.3 is 13.7 Å². The van der Waals surface area contributed by atoms with Gasteiger partial charge in [0.2, 0.25) is 0 Å². The monoisotopic (exact) mass is 362 g/mol. The molecule has 1 aliphatic rings. The Bertz CT molecular complexity index is 646. The summed E-state index contributed by atoms with van der Waals surface area (Å²) in [6, 6.07) is 5.64. The highest BCUT2D eigenvalue weighted by atomic mass is 28.4. The Kier molecular flexibility index (Phi) is 5.05. The highest BCUT2D eigenvalue weighted by molar-refractivity contribution is 6.74. The quantitative estimate of drug-likeness (QED) is 0.595. The summed E-state index contributed by atoms with van der Waals surface area (Å²) in [4.78, 5) is 11.9. The molecule has 4 nitrogen and oxygen atoms in total. The molecular weight excluding hydrogens is 331 g/mol. The molecule has 0 amide bonds. The van der Waals surface area contributed by atoms with Gasteiger partial charge in [-0.3, -0.25) is 4.79 Å². The summed E-state index contributed by atoms with van der Waals surface area (Å²) in [5.41, 5.74) is 0.345. The first-order chi connectivity index (χ1) is 11.2.